The molecular formula is C20H20N4O2S3. The number of hydrogen-bond acceptors (Lipinski definition) is 6. The summed E-state index contributed by atoms with van der Waals surface area (Å²) in [6.07, 6.45) is 1.67. The van der Waals surface area contributed by atoms with Crippen LogP contribution in [0.5, 0.6) is 0 Å². The number of thiazole rings is 1. The molecule has 2 aromatic rings. The predicted octanol–water partition coefficient (Wildman–Crippen LogP) is 1.59. The van der Waals surface area contributed by atoms with Crippen LogP contribution in [0.2, 0.25) is 0 Å². The Balaban J connectivity index is 2.03. The molecule has 1 aromatic heterocycles. The molecule has 0 unspecified atom stereocenters. The summed E-state index contributed by atoms with van der Waals surface area (Å²) in [5, 5.41) is 1.32. The fourth-order valence-electron chi connectivity index (χ4n) is 3.47. The van der Waals surface area contributed by atoms with Gasteiger partial charge in [-0.05, 0) is 31.3 Å². The normalized spacial score (nSPS) is 20.0. The predicted molar refractivity (Wildman–Crippen MR) is 123 cm³/mol. The van der Waals surface area contributed by atoms with Gasteiger partial charge in [-0.1, -0.05) is 30.0 Å². The van der Waals surface area contributed by atoms with Crippen LogP contribution in [-0.2, 0) is 11.3 Å². The molecule has 0 atom stereocenters. The molecule has 0 bridgehead atoms. The van der Waals surface area contributed by atoms with Crippen LogP contribution in [-0.4, -0.2) is 46.0 Å². The highest BCUT2D eigenvalue weighted by Crippen LogP contribution is 2.44. The van der Waals surface area contributed by atoms with E-state index < -0.39 is 0 Å². The number of benzene rings is 1. The van der Waals surface area contributed by atoms with Crippen molar-refractivity contribution in [1.29, 1.82) is 0 Å². The van der Waals surface area contributed by atoms with Gasteiger partial charge in [0.25, 0.3) is 11.5 Å². The van der Waals surface area contributed by atoms with Gasteiger partial charge in [0, 0.05) is 32.1 Å². The summed E-state index contributed by atoms with van der Waals surface area (Å²) in [7, 11) is 3.73. The molecule has 1 amide bonds. The van der Waals surface area contributed by atoms with Crippen molar-refractivity contribution in [3.63, 3.8) is 0 Å². The highest BCUT2D eigenvalue weighted by Gasteiger charge is 2.36. The fraction of sp³-hybridized carbons (Fsp3) is 0.250. The Hall–Kier alpha value is -2.36. The van der Waals surface area contributed by atoms with Gasteiger partial charge in [0.1, 0.15) is 19.9 Å². The number of likely N-dealkylation sites (N-methyl/N-ethyl adjacent to an activating group) is 2. The Morgan fingerprint density at radius 3 is 2.52 bits per heavy atom. The number of carbonyl (C=O) groups excluding carboxylic acids is 1. The van der Waals surface area contributed by atoms with Crippen LogP contribution in [0.3, 0.4) is 0 Å². The summed E-state index contributed by atoms with van der Waals surface area (Å²) in [5.41, 5.74) is 1.38. The third-order valence-electron chi connectivity index (χ3n) is 4.95. The zero-order chi connectivity index (χ0) is 20.9. The second-order valence-electron chi connectivity index (χ2n) is 6.61. The number of thiocarbonyl (C=S) groups is 1. The number of carbonyl (C=O) groups is 1. The van der Waals surface area contributed by atoms with Gasteiger partial charge in [0.05, 0.1) is 5.69 Å². The smallest absolute Gasteiger partial charge is 0.279 e. The van der Waals surface area contributed by atoms with E-state index >= 15 is 0 Å². The molecule has 6 nitrogen and oxygen atoms in total. The van der Waals surface area contributed by atoms with Gasteiger partial charge in [-0.3, -0.25) is 19.1 Å². The number of fused-ring (bicyclic) bond motifs is 1. The van der Waals surface area contributed by atoms with Crippen molar-refractivity contribution in [3.8, 4) is 0 Å². The Morgan fingerprint density at radius 2 is 1.90 bits per heavy atom. The SMILES string of the molecule is C=CCn1c(=C2C(=O)N(CC)C(=S)N2C)sc(=C2Sc3ccccc3N2C)c1=O. The first kappa shape index (κ1) is 19.9. The van der Waals surface area contributed by atoms with Crippen LogP contribution in [0.25, 0.3) is 10.7 Å². The number of hydrogen-bond donors (Lipinski definition) is 0. The minimum atomic E-state index is -0.175. The topological polar surface area (TPSA) is 48.8 Å². The highest BCUT2D eigenvalue weighted by molar-refractivity contribution is 8.08. The monoisotopic (exact) mass is 444 g/mol. The van der Waals surface area contributed by atoms with E-state index in [1.165, 1.54) is 11.3 Å². The van der Waals surface area contributed by atoms with Crippen molar-refractivity contribution < 1.29 is 4.79 Å². The van der Waals surface area contributed by atoms with Crippen molar-refractivity contribution in [2.75, 3.05) is 25.5 Å². The van der Waals surface area contributed by atoms with Gasteiger partial charge in [-0.2, -0.15) is 0 Å². The number of amides is 1. The lowest BCUT2D eigenvalue weighted by Gasteiger charge is -2.13. The molecule has 0 radical (unpaired) electrons. The average Bonchev–Trinajstić information content (AvgIpc) is 3.28. The van der Waals surface area contributed by atoms with Crippen LogP contribution in [0.15, 0.2) is 46.6 Å². The molecule has 0 aliphatic carbocycles. The summed E-state index contributed by atoms with van der Waals surface area (Å²) in [5.74, 6) is -0.175. The van der Waals surface area contributed by atoms with Crippen molar-refractivity contribution in [1.82, 2.24) is 14.4 Å². The van der Waals surface area contributed by atoms with E-state index in [9.17, 15) is 9.59 Å². The minimum Gasteiger partial charge on any atom is -0.337 e. The third-order valence-corrected chi connectivity index (χ3v) is 7.99. The van der Waals surface area contributed by atoms with E-state index in [-0.39, 0.29) is 11.5 Å². The lowest BCUT2D eigenvalue weighted by atomic mass is 10.3. The first-order chi connectivity index (χ1) is 13.9. The number of anilines is 1. The first-order valence-electron chi connectivity index (χ1n) is 9.10. The third kappa shape index (κ3) is 2.95. The number of rotatable bonds is 3. The van der Waals surface area contributed by atoms with Crippen LogP contribution in [0, 0.1) is 0 Å². The summed E-state index contributed by atoms with van der Waals surface area (Å²) >= 11 is 8.33. The zero-order valence-corrected chi connectivity index (χ0v) is 18.8. The van der Waals surface area contributed by atoms with E-state index in [1.54, 1.807) is 39.3 Å². The van der Waals surface area contributed by atoms with Crippen LogP contribution in [0.4, 0.5) is 5.69 Å². The second kappa shape index (κ2) is 7.47. The van der Waals surface area contributed by atoms with Crippen molar-refractivity contribution in [2.45, 2.75) is 18.4 Å². The molecule has 2 aliphatic rings. The van der Waals surface area contributed by atoms with Gasteiger partial charge < -0.3 is 9.80 Å². The Kier molecular flexibility index (Phi) is 5.14. The molecule has 0 N–H and O–H groups in total. The van der Waals surface area contributed by atoms with E-state index in [4.69, 9.17) is 12.2 Å². The number of nitrogens with zero attached hydrogens (tertiary/aromatic N) is 4. The summed E-state index contributed by atoms with van der Waals surface area (Å²) < 4.78 is 2.83. The number of allylic oxidation sites excluding steroid dienone is 1. The van der Waals surface area contributed by atoms with Crippen LogP contribution < -0.4 is 19.7 Å². The maximum Gasteiger partial charge on any atom is 0.279 e. The molecule has 1 aromatic carbocycles. The number of aromatic nitrogens is 1. The molecule has 1 fully saturated rings. The second-order valence-corrected chi connectivity index (χ2v) is 9.01. The molecular weight excluding hydrogens is 424 g/mol. The molecule has 3 heterocycles. The van der Waals surface area contributed by atoms with Crippen molar-refractivity contribution >= 4 is 62.7 Å². The molecule has 4 rings (SSSR count). The molecule has 0 spiro atoms. The van der Waals surface area contributed by atoms with Crippen molar-refractivity contribution in [2.24, 2.45) is 0 Å². The molecule has 150 valence electrons. The number of thioether (sulfide) groups is 1. The average molecular weight is 445 g/mol. The lowest BCUT2D eigenvalue weighted by Crippen LogP contribution is -2.35. The molecule has 29 heavy (non-hydrogen) atoms. The Morgan fingerprint density at radius 1 is 1.17 bits per heavy atom. The summed E-state index contributed by atoms with van der Waals surface area (Å²) in [4.78, 5) is 32.7. The van der Waals surface area contributed by atoms with E-state index in [1.807, 2.05) is 43.1 Å². The van der Waals surface area contributed by atoms with Crippen molar-refractivity contribution in [3.05, 3.63) is 56.5 Å². The quantitative estimate of drug-likeness (QED) is 0.529. The van der Waals surface area contributed by atoms with Gasteiger partial charge in [0.2, 0.25) is 0 Å². The van der Waals surface area contributed by atoms with Crippen LogP contribution >= 0.6 is 35.3 Å². The van der Waals surface area contributed by atoms with E-state index in [0.29, 0.717) is 33.1 Å². The summed E-state index contributed by atoms with van der Waals surface area (Å²) in [6.45, 7) is 6.47. The van der Waals surface area contributed by atoms with Crippen LogP contribution in [0.1, 0.15) is 6.92 Å². The highest BCUT2D eigenvalue weighted by atomic mass is 32.2. The van der Waals surface area contributed by atoms with Gasteiger partial charge >= 0.3 is 0 Å². The summed E-state index contributed by atoms with van der Waals surface area (Å²) in [6, 6.07) is 8.05. The maximum absolute atomic E-state index is 13.3. The first-order valence-corrected chi connectivity index (χ1v) is 11.1. The van der Waals surface area contributed by atoms with E-state index in [2.05, 4.69) is 6.58 Å². The minimum absolute atomic E-state index is 0.123. The Bertz CT molecular complexity index is 1230. The largest absolute Gasteiger partial charge is 0.337 e. The van der Waals surface area contributed by atoms with E-state index in [0.717, 1.165) is 15.6 Å². The molecule has 2 aliphatic heterocycles. The maximum atomic E-state index is 13.3. The van der Waals surface area contributed by atoms with Gasteiger partial charge in [-0.25, -0.2) is 0 Å². The lowest BCUT2D eigenvalue weighted by molar-refractivity contribution is -0.120. The fourth-order valence-corrected chi connectivity index (χ4v) is 6.30. The standard InChI is InChI=1S/C20H20N4O2S3/c1-5-11-24-17(26)15(19-21(3)12-9-7-8-10-13(12)28-19)29-18(24)14-16(25)23(6-2)20(27)22(14)4/h5,7-10H,1,6,11H2,2-4H3. The number of para-hydroxylation sites is 1. The molecule has 1 saturated heterocycles. The molecule has 0 saturated carbocycles. The zero-order valence-electron chi connectivity index (χ0n) is 16.3. The van der Waals surface area contributed by atoms with Gasteiger partial charge in [-0.15, -0.1) is 17.9 Å². The van der Waals surface area contributed by atoms with Gasteiger partial charge in [0.15, 0.2) is 5.11 Å². The Labute approximate surface area is 182 Å². The molecule has 9 heteroatoms.